The van der Waals surface area contributed by atoms with Gasteiger partial charge in [0.25, 0.3) is 0 Å². The van der Waals surface area contributed by atoms with Crippen molar-refractivity contribution in [3.05, 3.63) is 40.6 Å². The van der Waals surface area contributed by atoms with Crippen LogP contribution in [-0.2, 0) is 6.54 Å². The summed E-state index contributed by atoms with van der Waals surface area (Å²) in [6, 6.07) is 4.46. The Balaban J connectivity index is 2.12. The second kappa shape index (κ2) is 3.81. The number of aromatic nitrogens is 3. The number of halogens is 1. The van der Waals surface area contributed by atoms with Gasteiger partial charge in [-0.3, -0.25) is 0 Å². The molecule has 17 heavy (non-hydrogen) atoms. The van der Waals surface area contributed by atoms with Crippen LogP contribution in [0.15, 0.2) is 29.1 Å². The number of thiazole rings is 1. The Kier molecular flexibility index (Phi) is 2.29. The number of nitrogens with zero attached hydrogens (tertiary/aromatic N) is 3. The molecule has 0 spiro atoms. The zero-order valence-electron chi connectivity index (χ0n) is 8.80. The molecular weight excluding hydrogens is 239 g/mol. The SMILES string of the molecule is Nc1nc2cc(F)ccc2n1Cc1cscn1. The fourth-order valence-corrected chi connectivity index (χ4v) is 2.31. The quantitative estimate of drug-likeness (QED) is 0.756. The van der Waals surface area contributed by atoms with Crippen molar-refractivity contribution in [3.63, 3.8) is 0 Å². The number of nitrogens with two attached hydrogens (primary N) is 1. The Bertz CT molecular complexity index is 659. The van der Waals surface area contributed by atoms with Crippen molar-refractivity contribution in [2.24, 2.45) is 0 Å². The fraction of sp³-hybridized carbons (Fsp3) is 0.0909. The summed E-state index contributed by atoms with van der Waals surface area (Å²) in [5.74, 6) is 0.0643. The van der Waals surface area contributed by atoms with Crippen molar-refractivity contribution in [3.8, 4) is 0 Å². The Morgan fingerprint density at radius 3 is 3.06 bits per heavy atom. The van der Waals surface area contributed by atoms with Gasteiger partial charge in [0.15, 0.2) is 0 Å². The van der Waals surface area contributed by atoms with E-state index in [0.717, 1.165) is 11.2 Å². The minimum absolute atomic E-state index is 0.309. The van der Waals surface area contributed by atoms with Crippen LogP contribution in [0, 0.1) is 5.82 Å². The second-order valence-electron chi connectivity index (χ2n) is 3.67. The Labute approximate surface area is 101 Å². The third kappa shape index (κ3) is 1.76. The molecule has 0 amide bonds. The summed E-state index contributed by atoms with van der Waals surface area (Å²) in [7, 11) is 0. The van der Waals surface area contributed by atoms with Gasteiger partial charge in [-0.15, -0.1) is 11.3 Å². The van der Waals surface area contributed by atoms with E-state index in [1.807, 2.05) is 9.95 Å². The highest BCUT2D eigenvalue weighted by Crippen LogP contribution is 2.20. The molecule has 0 aliphatic carbocycles. The van der Waals surface area contributed by atoms with Crippen molar-refractivity contribution in [1.29, 1.82) is 0 Å². The largest absolute Gasteiger partial charge is 0.369 e. The molecule has 0 saturated carbocycles. The molecule has 4 nitrogen and oxygen atoms in total. The third-order valence-electron chi connectivity index (χ3n) is 2.54. The highest BCUT2D eigenvalue weighted by atomic mass is 32.1. The fourth-order valence-electron chi connectivity index (χ4n) is 1.77. The highest BCUT2D eigenvalue weighted by Gasteiger charge is 2.09. The van der Waals surface area contributed by atoms with Crippen LogP contribution in [0.1, 0.15) is 5.69 Å². The first-order chi connectivity index (χ1) is 8.24. The van der Waals surface area contributed by atoms with E-state index in [4.69, 9.17) is 5.73 Å². The average molecular weight is 248 g/mol. The molecule has 0 fully saturated rings. The maximum atomic E-state index is 13.1. The molecule has 0 bridgehead atoms. The first-order valence-electron chi connectivity index (χ1n) is 5.02. The average Bonchev–Trinajstić information content (AvgIpc) is 2.88. The van der Waals surface area contributed by atoms with E-state index in [0.29, 0.717) is 18.0 Å². The standard InChI is InChI=1S/C11H9FN4S/c12-7-1-2-10-9(3-7)15-11(13)16(10)4-8-5-17-6-14-8/h1-3,5-6H,4H2,(H2,13,15). The zero-order valence-corrected chi connectivity index (χ0v) is 9.62. The van der Waals surface area contributed by atoms with E-state index < -0.39 is 0 Å². The monoisotopic (exact) mass is 248 g/mol. The van der Waals surface area contributed by atoms with Gasteiger partial charge < -0.3 is 10.3 Å². The van der Waals surface area contributed by atoms with Gasteiger partial charge in [-0.05, 0) is 12.1 Å². The highest BCUT2D eigenvalue weighted by molar-refractivity contribution is 7.07. The number of hydrogen-bond donors (Lipinski definition) is 1. The molecule has 3 aromatic rings. The predicted molar refractivity (Wildman–Crippen MR) is 65.3 cm³/mol. The third-order valence-corrected chi connectivity index (χ3v) is 3.18. The molecule has 0 aliphatic rings. The molecule has 2 aromatic heterocycles. The lowest BCUT2D eigenvalue weighted by Crippen LogP contribution is -2.04. The van der Waals surface area contributed by atoms with E-state index in [2.05, 4.69) is 9.97 Å². The number of rotatable bonds is 2. The summed E-state index contributed by atoms with van der Waals surface area (Å²) in [5, 5.41) is 1.95. The van der Waals surface area contributed by atoms with Crippen LogP contribution in [0.5, 0.6) is 0 Å². The summed E-state index contributed by atoms with van der Waals surface area (Å²) in [6.45, 7) is 0.553. The number of anilines is 1. The molecule has 0 unspecified atom stereocenters. The van der Waals surface area contributed by atoms with Crippen molar-refractivity contribution in [1.82, 2.24) is 14.5 Å². The number of benzene rings is 1. The summed E-state index contributed by atoms with van der Waals surface area (Å²) in [5.41, 5.74) is 9.90. The Morgan fingerprint density at radius 1 is 1.41 bits per heavy atom. The van der Waals surface area contributed by atoms with Crippen molar-refractivity contribution >= 4 is 28.3 Å². The summed E-state index contributed by atoms with van der Waals surface area (Å²) in [4.78, 5) is 8.33. The number of imidazole rings is 1. The number of nitrogen functional groups attached to an aromatic ring is 1. The molecule has 3 rings (SSSR count). The van der Waals surface area contributed by atoms with E-state index in [1.165, 1.54) is 23.5 Å². The molecule has 1 aromatic carbocycles. The summed E-state index contributed by atoms with van der Waals surface area (Å²) in [6.07, 6.45) is 0. The smallest absolute Gasteiger partial charge is 0.201 e. The first kappa shape index (κ1) is 10.2. The number of hydrogen-bond acceptors (Lipinski definition) is 4. The molecule has 2 N–H and O–H groups in total. The van der Waals surface area contributed by atoms with E-state index >= 15 is 0 Å². The second-order valence-corrected chi connectivity index (χ2v) is 4.39. The van der Waals surface area contributed by atoms with Gasteiger partial charge >= 0.3 is 0 Å². The predicted octanol–water partition coefficient (Wildman–Crippen LogP) is 2.26. The molecule has 0 saturated heterocycles. The number of fused-ring (bicyclic) bond motifs is 1. The molecule has 0 aliphatic heterocycles. The maximum Gasteiger partial charge on any atom is 0.201 e. The van der Waals surface area contributed by atoms with Crippen LogP contribution in [0.4, 0.5) is 10.3 Å². The van der Waals surface area contributed by atoms with Gasteiger partial charge in [-0.2, -0.15) is 0 Å². The van der Waals surface area contributed by atoms with Gasteiger partial charge in [0.05, 0.1) is 28.8 Å². The van der Waals surface area contributed by atoms with Gasteiger partial charge in [-0.25, -0.2) is 14.4 Å². The van der Waals surface area contributed by atoms with Crippen molar-refractivity contribution in [2.45, 2.75) is 6.54 Å². The van der Waals surface area contributed by atoms with Gasteiger partial charge in [0.1, 0.15) is 5.82 Å². The summed E-state index contributed by atoms with van der Waals surface area (Å²) >= 11 is 1.53. The van der Waals surface area contributed by atoms with E-state index in [9.17, 15) is 4.39 Å². The minimum atomic E-state index is -0.309. The van der Waals surface area contributed by atoms with Crippen molar-refractivity contribution < 1.29 is 4.39 Å². The van der Waals surface area contributed by atoms with Gasteiger partial charge in [0, 0.05) is 11.4 Å². The zero-order chi connectivity index (χ0) is 11.8. The van der Waals surface area contributed by atoms with Gasteiger partial charge in [0.2, 0.25) is 5.95 Å². The van der Waals surface area contributed by atoms with Crippen LogP contribution in [-0.4, -0.2) is 14.5 Å². The molecule has 6 heteroatoms. The minimum Gasteiger partial charge on any atom is -0.369 e. The summed E-state index contributed by atoms with van der Waals surface area (Å²) < 4.78 is 14.9. The van der Waals surface area contributed by atoms with E-state index in [1.54, 1.807) is 11.6 Å². The molecule has 86 valence electrons. The maximum absolute atomic E-state index is 13.1. The molecule has 2 heterocycles. The van der Waals surface area contributed by atoms with Crippen molar-refractivity contribution in [2.75, 3.05) is 5.73 Å². The first-order valence-corrected chi connectivity index (χ1v) is 5.96. The Hall–Kier alpha value is -1.95. The topological polar surface area (TPSA) is 56.7 Å². The lowest BCUT2D eigenvalue weighted by atomic mass is 10.3. The van der Waals surface area contributed by atoms with Crippen LogP contribution in [0.2, 0.25) is 0 Å². The molecule has 0 radical (unpaired) electrons. The van der Waals surface area contributed by atoms with Crippen LogP contribution < -0.4 is 5.73 Å². The van der Waals surface area contributed by atoms with Crippen LogP contribution in [0.25, 0.3) is 11.0 Å². The van der Waals surface area contributed by atoms with E-state index in [-0.39, 0.29) is 5.82 Å². The normalized spacial score (nSPS) is 11.1. The molecule has 0 atom stereocenters. The van der Waals surface area contributed by atoms with Crippen LogP contribution in [0.3, 0.4) is 0 Å². The molecular formula is C11H9FN4S. The van der Waals surface area contributed by atoms with Gasteiger partial charge in [-0.1, -0.05) is 0 Å². The van der Waals surface area contributed by atoms with Crippen LogP contribution >= 0.6 is 11.3 Å². The Morgan fingerprint density at radius 2 is 2.29 bits per heavy atom. The lowest BCUT2D eigenvalue weighted by Gasteiger charge is -2.03. The lowest BCUT2D eigenvalue weighted by molar-refractivity contribution is 0.629.